The fourth-order valence-corrected chi connectivity index (χ4v) is 1.82. The summed E-state index contributed by atoms with van der Waals surface area (Å²) in [4.78, 5) is 20.4. The van der Waals surface area contributed by atoms with Gasteiger partial charge in [-0.2, -0.15) is 0 Å². The number of nitrogen functional groups attached to an aromatic ring is 1. The highest BCUT2D eigenvalue weighted by molar-refractivity contribution is 6.04. The van der Waals surface area contributed by atoms with E-state index >= 15 is 0 Å². The molecule has 0 unspecified atom stereocenters. The first-order valence-corrected chi connectivity index (χ1v) is 6.42. The summed E-state index contributed by atoms with van der Waals surface area (Å²) in [7, 11) is 0. The molecular weight excluding hydrogens is 254 g/mol. The van der Waals surface area contributed by atoms with E-state index in [-0.39, 0.29) is 5.91 Å². The number of aryl methyl sites for hydroxylation is 1. The molecule has 0 spiro atoms. The number of anilines is 2. The van der Waals surface area contributed by atoms with Gasteiger partial charge in [0, 0.05) is 29.3 Å². The number of nitrogens with zero attached hydrogens (tertiary/aromatic N) is 2. The smallest absolute Gasteiger partial charge is 0.255 e. The van der Waals surface area contributed by atoms with Crippen LogP contribution in [-0.2, 0) is 6.42 Å². The van der Waals surface area contributed by atoms with Crippen molar-refractivity contribution in [3.8, 4) is 0 Å². The average molecular weight is 271 g/mol. The second-order valence-electron chi connectivity index (χ2n) is 4.32. The molecule has 0 aromatic carbocycles. The maximum Gasteiger partial charge on any atom is 0.255 e. The number of nitrogens with one attached hydrogen (secondary N) is 2. The highest BCUT2D eigenvalue weighted by Gasteiger charge is 2.10. The van der Waals surface area contributed by atoms with Gasteiger partial charge >= 0.3 is 0 Å². The first-order valence-electron chi connectivity index (χ1n) is 6.42. The maximum absolute atomic E-state index is 12.2. The molecule has 6 heteroatoms. The molecule has 0 bridgehead atoms. The van der Waals surface area contributed by atoms with Crippen molar-refractivity contribution in [3.63, 3.8) is 0 Å². The van der Waals surface area contributed by atoms with Crippen molar-refractivity contribution < 1.29 is 4.79 Å². The Morgan fingerprint density at radius 3 is 2.70 bits per heavy atom. The van der Waals surface area contributed by atoms with Crippen molar-refractivity contribution in [2.75, 3.05) is 10.7 Å². The Labute approximate surface area is 117 Å². The molecule has 0 atom stereocenters. The lowest BCUT2D eigenvalue weighted by Crippen LogP contribution is -2.15. The van der Waals surface area contributed by atoms with Crippen molar-refractivity contribution in [1.29, 1.82) is 0 Å². The molecule has 0 saturated heterocycles. The van der Waals surface area contributed by atoms with E-state index in [1.165, 1.54) is 0 Å². The fraction of sp³-hybridized carbons (Fsp3) is 0.214. The highest BCUT2D eigenvalue weighted by atomic mass is 16.1. The number of amides is 1. The van der Waals surface area contributed by atoms with E-state index in [4.69, 9.17) is 5.84 Å². The summed E-state index contributed by atoms with van der Waals surface area (Å²) in [6.07, 6.45) is 4.99. The van der Waals surface area contributed by atoms with Gasteiger partial charge in [0.1, 0.15) is 5.82 Å². The van der Waals surface area contributed by atoms with Crippen molar-refractivity contribution in [2.24, 2.45) is 5.84 Å². The normalized spacial score (nSPS) is 10.1. The molecule has 2 aromatic heterocycles. The minimum absolute atomic E-state index is 0.201. The van der Waals surface area contributed by atoms with Gasteiger partial charge in [0.05, 0.1) is 0 Å². The number of nitrogens with two attached hydrogens (primary N) is 1. The van der Waals surface area contributed by atoms with Crippen molar-refractivity contribution in [2.45, 2.75) is 19.8 Å². The third kappa shape index (κ3) is 3.52. The Hall–Kier alpha value is -2.47. The molecule has 0 aliphatic carbocycles. The van der Waals surface area contributed by atoms with Crippen LogP contribution in [0.15, 0.2) is 36.7 Å². The summed E-state index contributed by atoms with van der Waals surface area (Å²) < 4.78 is 0. The molecule has 20 heavy (non-hydrogen) atoms. The number of pyridine rings is 2. The van der Waals surface area contributed by atoms with Gasteiger partial charge in [-0.25, -0.2) is 10.8 Å². The second kappa shape index (κ2) is 6.63. The number of hydrazine groups is 1. The zero-order chi connectivity index (χ0) is 14.4. The standard InChI is InChI=1S/C14H17N5O/c1-2-3-12-8-10(9-13(17-12)19-15)14(20)18-11-4-6-16-7-5-11/h4-9H,2-3,15H2,1H3,(H,17,19)(H,16,18,20). The predicted octanol–water partition coefficient (Wildman–Crippen LogP) is 1.97. The van der Waals surface area contributed by atoms with Crippen LogP contribution in [-0.4, -0.2) is 15.9 Å². The Balaban J connectivity index is 2.22. The zero-order valence-electron chi connectivity index (χ0n) is 11.3. The number of hydrogen-bond acceptors (Lipinski definition) is 5. The van der Waals surface area contributed by atoms with Gasteiger partial charge in [-0.3, -0.25) is 9.78 Å². The fourth-order valence-electron chi connectivity index (χ4n) is 1.82. The van der Waals surface area contributed by atoms with Crippen LogP contribution < -0.4 is 16.6 Å². The summed E-state index contributed by atoms with van der Waals surface area (Å²) in [5.41, 5.74) is 4.54. The van der Waals surface area contributed by atoms with Crippen molar-refractivity contribution in [1.82, 2.24) is 9.97 Å². The number of carbonyl (C=O) groups excluding carboxylic acids is 1. The second-order valence-corrected chi connectivity index (χ2v) is 4.32. The lowest BCUT2D eigenvalue weighted by molar-refractivity contribution is 0.102. The first kappa shape index (κ1) is 14.0. The van der Waals surface area contributed by atoms with Crippen LogP contribution in [0.5, 0.6) is 0 Å². The number of hydrogen-bond donors (Lipinski definition) is 3. The predicted molar refractivity (Wildman–Crippen MR) is 78.2 cm³/mol. The molecule has 0 saturated carbocycles. The van der Waals surface area contributed by atoms with E-state index in [0.29, 0.717) is 17.1 Å². The highest BCUT2D eigenvalue weighted by Crippen LogP contribution is 2.13. The monoisotopic (exact) mass is 271 g/mol. The molecule has 2 rings (SSSR count). The lowest BCUT2D eigenvalue weighted by atomic mass is 10.1. The quantitative estimate of drug-likeness (QED) is 0.571. The summed E-state index contributed by atoms with van der Waals surface area (Å²) in [5.74, 6) is 5.66. The SMILES string of the molecule is CCCc1cc(C(=O)Nc2ccncc2)cc(NN)n1. The van der Waals surface area contributed by atoms with Crippen LogP contribution in [0.2, 0.25) is 0 Å². The maximum atomic E-state index is 12.2. The third-order valence-electron chi connectivity index (χ3n) is 2.73. The topological polar surface area (TPSA) is 92.9 Å². The average Bonchev–Trinajstić information content (AvgIpc) is 2.48. The molecule has 2 heterocycles. The van der Waals surface area contributed by atoms with Crippen LogP contribution in [0.25, 0.3) is 0 Å². The Morgan fingerprint density at radius 2 is 2.05 bits per heavy atom. The van der Waals surface area contributed by atoms with E-state index in [9.17, 15) is 4.79 Å². The molecule has 104 valence electrons. The summed E-state index contributed by atoms with van der Waals surface area (Å²) in [6, 6.07) is 6.86. The van der Waals surface area contributed by atoms with E-state index in [0.717, 1.165) is 18.5 Å². The molecule has 4 N–H and O–H groups in total. The number of rotatable bonds is 5. The molecular formula is C14H17N5O. The van der Waals surface area contributed by atoms with Gasteiger partial charge in [0.15, 0.2) is 0 Å². The van der Waals surface area contributed by atoms with Crippen LogP contribution in [0, 0.1) is 0 Å². The van der Waals surface area contributed by atoms with Gasteiger partial charge in [0.2, 0.25) is 0 Å². The van der Waals surface area contributed by atoms with E-state index in [2.05, 4.69) is 27.6 Å². The number of aromatic nitrogens is 2. The van der Waals surface area contributed by atoms with Crippen molar-refractivity contribution >= 4 is 17.4 Å². The first-order chi connectivity index (χ1) is 9.72. The molecule has 0 aliphatic heterocycles. The molecule has 2 aromatic rings. The Morgan fingerprint density at radius 1 is 1.30 bits per heavy atom. The minimum atomic E-state index is -0.201. The van der Waals surface area contributed by atoms with Gasteiger partial charge in [0.25, 0.3) is 5.91 Å². The molecule has 0 aliphatic rings. The third-order valence-corrected chi connectivity index (χ3v) is 2.73. The van der Waals surface area contributed by atoms with E-state index in [1.807, 2.05) is 0 Å². The van der Waals surface area contributed by atoms with Gasteiger partial charge < -0.3 is 10.7 Å². The summed E-state index contributed by atoms with van der Waals surface area (Å²) in [5, 5.41) is 2.80. The number of carbonyl (C=O) groups is 1. The van der Waals surface area contributed by atoms with Gasteiger partial charge in [-0.1, -0.05) is 13.3 Å². The van der Waals surface area contributed by atoms with Crippen LogP contribution in [0.4, 0.5) is 11.5 Å². The Kier molecular flexibility index (Phi) is 4.62. The molecule has 0 radical (unpaired) electrons. The summed E-state index contributed by atoms with van der Waals surface area (Å²) >= 11 is 0. The summed E-state index contributed by atoms with van der Waals surface area (Å²) in [6.45, 7) is 2.06. The molecule has 0 fully saturated rings. The van der Waals surface area contributed by atoms with Crippen molar-refractivity contribution in [3.05, 3.63) is 47.9 Å². The van der Waals surface area contributed by atoms with E-state index < -0.39 is 0 Å². The van der Waals surface area contributed by atoms with Crippen LogP contribution >= 0.6 is 0 Å². The Bertz CT molecular complexity index is 585. The zero-order valence-corrected chi connectivity index (χ0v) is 11.3. The largest absolute Gasteiger partial charge is 0.322 e. The molecule has 6 nitrogen and oxygen atoms in total. The minimum Gasteiger partial charge on any atom is -0.322 e. The molecule has 1 amide bonds. The van der Waals surface area contributed by atoms with Crippen LogP contribution in [0.1, 0.15) is 29.4 Å². The van der Waals surface area contributed by atoms with E-state index in [1.54, 1.807) is 36.7 Å². The van der Waals surface area contributed by atoms with Gasteiger partial charge in [-0.15, -0.1) is 0 Å². The van der Waals surface area contributed by atoms with Gasteiger partial charge in [-0.05, 0) is 30.7 Å². The lowest BCUT2D eigenvalue weighted by Gasteiger charge is -2.09. The van der Waals surface area contributed by atoms with Crippen LogP contribution in [0.3, 0.4) is 0 Å².